The van der Waals surface area contributed by atoms with Crippen LogP contribution in [0.25, 0.3) is 11.1 Å². The molecule has 2 fully saturated rings. The second kappa shape index (κ2) is 13.3. The number of likely N-dealkylation sites (N-methyl/N-ethyl adjacent to an activating group) is 1. The van der Waals surface area contributed by atoms with E-state index in [1.165, 1.54) is 0 Å². The third-order valence-corrected chi connectivity index (χ3v) is 8.00. The lowest BCUT2D eigenvalue weighted by Crippen LogP contribution is -2.44. The monoisotopic (exact) mass is 558 g/mol. The van der Waals surface area contributed by atoms with E-state index in [9.17, 15) is 9.59 Å². The Hall–Kier alpha value is -3.69. The van der Waals surface area contributed by atoms with Gasteiger partial charge in [-0.3, -0.25) is 9.59 Å². The Morgan fingerprint density at radius 1 is 1.07 bits per heavy atom. The fourth-order valence-electron chi connectivity index (χ4n) is 5.61. The molecule has 5 rings (SSSR count). The molecule has 0 bridgehead atoms. The summed E-state index contributed by atoms with van der Waals surface area (Å²) >= 11 is 0. The van der Waals surface area contributed by atoms with Gasteiger partial charge in [0.25, 0.3) is 11.5 Å². The second-order valence-corrected chi connectivity index (χ2v) is 11.2. The van der Waals surface area contributed by atoms with Crippen LogP contribution < -0.4 is 21.1 Å². The van der Waals surface area contributed by atoms with Crippen molar-refractivity contribution in [3.8, 4) is 11.1 Å². The summed E-state index contributed by atoms with van der Waals surface area (Å²) in [6.07, 6.45) is 5.45. The summed E-state index contributed by atoms with van der Waals surface area (Å²) in [5, 5.41) is 6.63. The van der Waals surface area contributed by atoms with E-state index in [0.717, 1.165) is 99.0 Å². The highest BCUT2D eigenvalue weighted by Gasteiger charge is 2.18. The van der Waals surface area contributed by atoms with Crippen LogP contribution in [-0.4, -0.2) is 73.3 Å². The van der Waals surface area contributed by atoms with Gasteiger partial charge in [0.2, 0.25) is 0 Å². The minimum Gasteiger partial charge on any atom is -0.382 e. The molecular formula is C32H42N6O3. The van der Waals surface area contributed by atoms with Gasteiger partial charge < -0.3 is 30.2 Å². The maximum absolute atomic E-state index is 13.5. The van der Waals surface area contributed by atoms with Gasteiger partial charge >= 0.3 is 0 Å². The van der Waals surface area contributed by atoms with Crippen LogP contribution in [0.15, 0.2) is 47.4 Å². The lowest BCUT2D eigenvalue weighted by molar-refractivity contribution is 0.0904. The molecule has 0 aliphatic carbocycles. The fourth-order valence-corrected chi connectivity index (χ4v) is 5.61. The molecule has 218 valence electrons. The van der Waals surface area contributed by atoms with Crippen LogP contribution in [0.5, 0.6) is 0 Å². The standard InChI is InChI=1S/C32H42N6O3/c1-4-5-23-16-22(2)35-32(40)29(23)21-34-31(39)26-17-25(18-28(19-26)36-27-8-14-41-15-9-27)24-6-7-30(33-20-24)38-12-10-37(3)11-13-38/h6-7,16-20,27,36H,4-5,8-15,21H2,1-3H3,(H,34,39)(H,35,40). The number of carbonyl (C=O) groups is 1. The van der Waals surface area contributed by atoms with Crippen molar-refractivity contribution in [2.45, 2.75) is 52.1 Å². The number of aryl methyl sites for hydroxylation is 2. The zero-order chi connectivity index (χ0) is 28.8. The lowest BCUT2D eigenvalue weighted by atomic mass is 10.0. The van der Waals surface area contributed by atoms with Crippen molar-refractivity contribution in [3.63, 3.8) is 0 Å². The van der Waals surface area contributed by atoms with E-state index >= 15 is 0 Å². The zero-order valence-corrected chi connectivity index (χ0v) is 24.5. The maximum Gasteiger partial charge on any atom is 0.253 e. The molecule has 3 N–H and O–H groups in total. The highest BCUT2D eigenvalue weighted by molar-refractivity contribution is 5.96. The topological polar surface area (TPSA) is 103 Å². The predicted octanol–water partition coefficient (Wildman–Crippen LogP) is 3.97. The van der Waals surface area contributed by atoms with E-state index < -0.39 is 0 Å². The van der Waals surface area contributed by atoms with Gasteiger partial charge in [0, 0.05) is 86.2 Å². The molecule has 0 atom stereocenters. The lowest BCUT2D eigenvalue weighted by Gasteiger charge is -2.33. The summed E-state index contributed by atoms with van der Waals surface area (Å²) in [6.45, 7) is 9.58. The molecule has 3 aromatic rings. The van der Waals surface area contributed by atoms with Crippen molar-refractivity contribution in [2.24, 2.45) is 0 Å². The van der Waals surface area contributed by atoms with Crippen LogP contribution in [0.3, 0.4) is 0 Å². The number of amides is 1. The van der Waals surface area contributed by atoms with Crippen molar-refractivity contribution in [3.05, 3.63) is 75.3 Å². The van der Waals surface area contributed by atoms with Crippen LogP contribution in [0.1, 0.15) is 53.4 Å². The molecule has 1 amide bonds. The second-order valence-electron chi connectivity index (χ2n) is 11.2. The number of ether oxygens (including phenoxy) is 1. The smallest absolute Gasteiger partial charge is 0.253 e. The summed E-state index contributed by atoms with van der Waals surface area (Å²) in [7, 11) is 2.14. The van der Waals surface area contributed by atoms with Crippen LogP contribution in [0, 0.1) is 6.92 Å². The van der Waals surface area contributed by atoms with Crippen LogP contribution >= 0.6 is 0 Å². The molecule has 2 saturated heterocycles. The van der Waals surface area contributed by atoms with Crippen molar-refractivity contribution in [1.29, 1.82) is 0 Å². The molecule has 0 spiro atoms. The largest absolute Gasteiger partial charge is 0.382 e. The van der Waals surface area contributed by atoms with Crippen molar-refractivity contribution in [2.75, 3.05) is 56.7 Å². The van der Waals surface area contributed by atoms with E-state index in [-0.39, 0.29) is 24.1 Å². The number of hydrogen-bond acceptors (Lipinski definition) is 7. The predicted molar refractivity (Wildman–Crippen MR) is 164 cm³/mol. The zero-order valence-electron chi connectivity index (χ0n) is 24.5. The van der Waals surface area contributed by atoms with Crippen molar-refractivity contribution in [1.82, 2.24) is 20.2 Å². The highest BCUT2D eigenvalue weighted by atomic mass is 16.5. The van der Waals surface area contributed by atoms with Crippen molar-refractivity contribution >= 4 is 17.4 Å². The Morgan fingerprint density at radius 3 is 2.56 bits per heavy atom. The van der Waals surface area contributed by atoms with E-state index in [2.05, 4.69) is 57.6 Å². The molecule has 9 nitrogen and oxygen atoms in total. The maximum atomic E-state index is 13.5. The Bertz CT molecular complexity index is 1390. The number of nitrogens with zero attached hydrogens (tertiary/aromatic N) is 3. The van der Waals surface area contributed by atoms with Crippen LogP contribution in [0.2, 0.25) is 0 Å². The number of H-pyrrole nitrogens is 1. The van der Waals surface area contributed by atoms with Gasteiger partial charge in [0.05, 0.1) is 0 Å². The van der Waals surface area contributed by atoms with Crippen molar-refractivity contribution < 1.29 is 9.53 Å². The van der Waals surface area contributed by atoms with Crippen LogP contribution in [-0.2, 0) is 17.7 Å². The molecular weight excluding hydrogens is 516 g/mol. The number of nitrogens with one attached hydrogen (secondary N) is 3. The number of carbonyl (C=O) groups excluding carboxylic acids is 1. The number of hydrogen-bond donors (Lipinski definition) is 3. The summed E-state index contributed by atoms with van der Waals surface area (Å²) in [6, 6.07) is 12.3. The van der Waals surface area contributed by atoms with E-state index in [1.807, 2.05) is 31.3 Å². The third kappa shape index (κ3) is 7.34. The number of aromatic amines is 1. The van der Waals surface area contributed by atoms with E-state index in [4.69, 9.17) is 9.72 Å². The van der Waals surface area contributed by atoms with Gasteiger partial charge in [-0.25, -0.2) is 4.98 Å². The van der Waals surface area contributed by atoms with E-state index in [0.29, 0.717) is 11.1 Å². The average molecular weight is 559 g/mol. The molecule has 0 radical (unpaired) electrons. The number of rotatable bonds is 9. The Kier molecular flexibility index (Phi) is 9.36. The Labute approximate surface area is 242 Å². The molecule has 41 heavy (non-hydrogen) atoms. The Balaban J connectivity index is 1.39. The Morgan fingerprint density at radius 2 is 1.85 bits per heavy atom. The highest BCUT2D eigenvalue weighted by Crippen LogP contribution is 2.28. The molecule has 1 aromatic carbocycles. The van der Waals surface area contributed by atoms with Crippen LogP contribution in [0.4, 0.5) is 11.5 Å². The third-order valence-electron chi connectivity index (χ3n) is 8.00. The van der Waals surface area contributed by atoms with E-state index in [1.54, 1.807) is 0 Å². The number of aromatic nitrogens is 2. The molecule has 2 aliphatic heterocycles. The summed E-state index contributed by atoms with van der Waals surface area (Å²) in [4.78, 5) is 38.5. The average Bonchev–Trinajstić information content (AvgIpc) is 2.97. The summed E-state index contributed by atoms with van der Waals surface area (Å²) in [5.74, 6) is 0.758. The van der Waals surface area contributed by atoms with Gasteiger partial charge in [-0.15, -0.1) is 0 Å². The number of benzene rings is 1. The molecule has 9 heteroatoms. The molecule has 4 heterocycles. The minimum absolute atomic E-state index is 0.143. The molecule has 2 aliphatic rings. The number of anilines is 2. The first-order valence-corrected chi connectivity index (χ1v) is 14.8. The van der Waals surface area contributed by atoms with Gasteiger partial charge in [-0.1, -0.05) is 13.3 Å². The van der Waals surface area contributed by atoms with Gasteiger partial charge in [-0.05, 0) is 80.8 Å². The normalized spacial score (nSPS) is 16.5. The fraction of sp³-hybridized carbons (Fsp3) is 0.469. The molecule has 0 unspecified atom stereocenters. The number of piperazine rings is 1. The van der Waals surface area contributed by atoms with Gasteiger partial charge in [0.15, 0.2) is 0 Å². The van der Waals surface area contributed by atoms with Gasteiger partial charge in [-0.2, -0.15) is 0 Å². The molecule has 0 saturated carbocycles. The first-order chi connectivity index (χ1) is 19.9. The summed E-state index contributed by atoms with van der Waals surface area (Å²) in [5.41, 5.74) is 5.59. The van der Waals surface area contributed by atoms with Gasteiger partial charge in [0.1, 0.15) is 5.82 Å². The first kappa shape index (κ1) is 28.8. The first-order valence-electron chi connectivity index (χ1n) is 14.8. The molecule has 2 aromatic heterocycles. The SMILES string of the molecule is CCCc1cc(C)[nH]c(=O)c1CNC(=O)c1cc(NC2CCOCC2)cc(-c2ccc(N3CCN(C)CC3)nc2)c1. The summed E-state index contributed by atoms with van der Waals surface area (Å²) < 4.78 is 5.53. The quantitative estimate of drug-likeness (QED) is 0.365. The minimum atomic E-state index is -0.216. The number of pyridine rings is 2.